The molecule has 2 aromatic heterocycles. The van der Waals surface area contributed by atoms with E-state index < -0.39 is 0 Å². The lowest BCUT2D eigenvalue weighted by atomic mass is 10.0. The largest absolute Gasteiger partial charge is 0.490 e. The molecule has 1 aliphatic rings. The molecule has 1 N–H and O–H groups in total. The van der Waals surface area contributed by atoms with Crippen molar-refractivity contribution in [3.8, 4) is 11.4 Å². The summed E-state index contributed by atoms with van der Waals surface area (Å²) in [6.45, 7) is 0.903. The van der Waals surface area contributed by atoms with Crippen LogP contribution in [0.25, 0.3) is 16.5 Å². The molecular formula is C31H27ClN4O2S. The standard InChI is InChI=1S/C31H27ClN4O2S/c1-37-17-18-38-28-14-13-24(20-25(28)32)36-30(29(34-31(36)39)26-9-4-5-15-33-26)27-10-6-16-35(27)23-12-11-21-7-2-3-8-22(21)19-23/h2-16,19-20,29-30H,17-18H2,1H3,(H,34,39)/t29-,30+/m0/s1. The first-order chi connectivity index (χ1) is 19.1. The summed E-state index contributed by atoms with van der Waals surface area (Å²) >= 11 is 12.6. The number of methoxy groups -OCH3 is 1. The molecule has 0 saturated carbocycles. The van der Waals surface area contributed by atoms with Crippen molar-refractivity contribution in [2.45, 2.75) is 12.1 Å². The van der Waals surface area contributed by atoms with Gasteiger partial charge in [0.1, 0.15) is 18.4 Å². The molecule has 1 saturated heterocycles. The van der Waals surface area contributed by atoms with Crippen molar-refractivity contribution in [2.75, 3.05) is 25.2 Å². The summed E-state index contributed by atoms with van der Waals surface area (Å²) in [5, 5.41) is 7.03. The number of pyridine rings is 1. The number of thiocarbonyl (C=S) groups is 1. The maximum atomic E-state index is 6.67. The van der Waals surface area contributed by atoms with Crippen molar-refractivity contribution in [3.63, 3.8) is 0 Å². The van der Waals surface area contributed by atoms with Crippen LogP contribution in [0.1, 0.15) is 23.5 Å². The molecule has 0 spiro atoms. The van der Waals surface area contributed by atoms with E-state index in [0.29, 0.717) is 29.1 Å². The number of benzene rings is 3. The molecule has 196 valence electrons. The van der Waals surface area contributed by atoms with Crippen LogP contribution >= 0.6 is 23.8 Å². The molecule has 39 heavy (non-hydrogen) atoms. The van der Waals surface area contributed by atoms with E-state index in [4.69, 9.17) is 33.3 Å². The van der Waals surface area contributed by atoms with Gasteiger partial charge in [0.25, 0.3) is 0 Å². The molecule has 0 unspecified atom stereocenters. The highest BCUT2D eigenvalue weighted by Crippen LogP contribution is 2.43. The second-order valence-corrected chi connectivity index (χ2v) is 10.1. The Bertz CT molecular complexity index is 1620. The minimum atomic E-state index is -0.190. The normalized spacial score (nSPS) is 17.0. The van der Waals surface area contributed by atoms with Crippen molar-refractivity contribution in [1.29, 1.82) is 0 Å². The molecule has 3 heterocycles. The molecule has 0 radical (unpaired) electrons. The van der Waals surface area contributed by atoms with Crippen LogP contribution in [0.15, 0.2) is 103 Å². The van der Waals surface area contributed by atoms with Crippen molar-refractivity contribution < 1.29 is 9.47 Å². The molecule has 8 heteroatoms. The lowest BCUT2D eigenvalue weighted by molar-refractivity contribution is 0.146. The summed E-state index contributed by atoms with van der Waals surface area (Å²) in [5.41, 5.74) is 3.92. The van der Waals surface area contributed by atoms with E-state index in [1.165, 1.54) is 10.8 Å². The molecule has 6 rings (SSSR count). The van der Waals surface area contributed by atoms with Crippen molar-refractivity contribution in [3.05, 3.63) is 120 Å². The molecule has 1 aliphatic heterocycles. The van der Waals surface area contributed by atoms with Crippen molar-refractivity contribution in [1.82, 2.24) is 14.9 Å². The van der Waals surface area contributed by atoms with Crippen LogP contribution in [-0.4, -0.2) is 35.0 Å². The van der Waals surface area contributed by atoms with Gasteiger partial charge in [0.05, 0.1) is 23.4 Å². The molecule has 0 aliphatic carbocycles. The van der Waals surface area contributed by atoms with Gasteiger partial charge < -0.3 is 24.3 Å². The fourth-order valence-corrected chi connectivity index (χ4v) is 5.70. The number of anilines is 1. The van der Waals surface area contributed by atoms with E-state index in [0.717, 1.165) is 22.8 Å². The van der Waals surface area contributed by atoms with Crippen LogP contribution in [0.4, 0.5) is 5.69 Å². The number of fused-ring (bicyclic) bond motifs is 1. The van der Waals surface area contributed by atoms with Crippen LogP contribution in [0.5, 0.6) is 5.75 Å². The van der Waals surface area contributed by atoms with E-state index in [1.54, 1.807) is 7.11 Å². The molecule has 2 atom stereocenters. The van der Waals surface area contributed by atoms with Gasteiger partial charge in [-0.1, -0.05) is 48.0 Å². The van der Waals surface area contributed by atoms with Gasteiger partial charge >= 0.3 is 0 Å². The van der Waals surface area contributed by atoms with Gasteiger partial charge in [-0.05, 0) is 77.6 Å². The molecule has 0 bridgehead atoms. The third kappa shape index (κ3) is 4.96. The predicted molar refractivity (Wildman–Crippen MR) is 160 cm³/mol. The number of halogens is 1. The maximum absolute atomic E-state index is 6.67. The lowest BCUT2D eigenvalue weighted by Crippen LogP contribution is -2.30. The van der Waals surface area contributed by atoms with E-state index in [1.807, 2.05) is 42.6 Å². The Hall–Kier alpha value is -3.91. The van der Waals surface area contributed by atoms with E-state index in [2.05, 4.69) is 80.6 Å². The Balaban J connectivity index is 1.44. The zero-order valence-corrected chi connectivity index (χ0v) is 22.9. The number of rotatable bonds is 8. The summed E-state index contributed by atoms with van der Waals surface area (Å²) in [5.74, 6) is 0.605. The Labute approximate surface area is 237 Å². The van der Waals surface area contributed by atoms with Gasteiger partial charge in [-0.2, -0.15) is 0 Å². The molecule has 6 nitrogen and oxygen atoms in total. The molecular weight excluding hydrogens is 528 g/mol. The summed E-state index contributed by atoms with van der Waals surface area (Å²) in [6.07, 6.45) is 3.90. The Morgan fingerprint density at radius 2 is 1.72 bits per heavy atom. The lowest BCUT2D eigenvalue weighted by Gasteiger charge is -2.29. The van der Waals surface area contributed by atoms with Crippen molar-refractivity contribution >= 4 is 45.4 Å². The highest BCUT2D eigenvalue weighted by Gasteiger charge is 2.42. The van der Waals surface area contributed by atoms with Gasteiger partial charge in [0.15, 0.2) is 5.11 Å². The first-order valence-corrected chi connectivity index (χ1v) is 13.5. The number of aromatic nitrogens is 2. The van der Waals surface area contributed by atoms with Gasteiger partial charge in [-0.3, -0.25) is 4.98 Å². The van der Waals surface area contributed by atoms with Gasteiger partial charge in [-0.15, -0.1) is 0 Å². The van der Waals surface area contributed by atoms with Gasteiger partial charge in [0.2, 0.25) is 0 Å². The van der Waals surface area contributed by atoms with Crippen LogP contribution in [0.2, 0.25) is 5.02 Å². The molecule has 3 aromatic carbocycles. The number of hydrogen-bond acceptors (Lipinski definition) is 4. The first-order valence-electron chi connectivity index (χ1n) is 12.7. The van der Waals surface area contributed by atoms with Crippen LogP contribution in [0.3, 0.4) is 0 Å². The topological polar surface area (TPSA) is 51.6 Å². The third-order valence-electron chi connectivity index (χ3n) is 6.93. The second-order valence-electron chi connectivity index (χ2n) is 9.29. The SMILES string of the molecule is COCCOc1ccc(N2C(=S)N[C@@H](c3ccccn3)[C@H]2c2cccn2-c2ccc3ccccc3c2)cc1Cl. The second kappa shape index (κ2) is 11.1. The predicted octanol–water partition coefficient (Wildman–Crippen LogP) is 6.88. The Kier molecular flexibility index (Phi) is 7.20. The van der Waals surface area contributed by atoms with Crippen molar-refractivity contribution in [2.24, 2.45) is 0 Å². The number of nitrogens with one attached hydrogen (secondary N) is 1. The fraction of sp³-hybridized carbons (Fsp3) is 0.161. The van der Waals surface area contributed by atoms with E-state index in [9.17, 15) is 0 Å². The Morgan fingerprint density at radius 3 is 2.51 bits per heavy atom. The van der Waals surface area contributed by atoms with E-state index >= 15 is 0 Å². The van der Waals surface area contributed by atoms with Crippen LogP contribution in [0, 0.1) is 0 Å². The fourth-order valence-electron chi connectivity index (χ4n) is 5.12. The number of hydrogen-bond donors (Lipinski definition) is 1. The summed E-state index contributed by atoms with van der Waals surface area (Å²) in [4.78, 5) is 6.80. The highest BCUT2D eigenvalue weighted by atomic mass is 35.5. The third-order valence-corrected chi connectivity index (χ3v) is 7.54. The quantitative estimate of drug-likeness (QED) is 0.167. The van der Waals surface area contributed by atoms with Gasteiger partial charge in [-0.25, -0.2) is 0 Å². The average Bonchev–Trinajstić information content (AvgIpc) is 3.58. The highest BCUT2D eigenvalue weighted by molar-refractivity contribution is 7.80. The minimum Gasteiger partial charge on any atom is -0.490 e. The molecule has 1 fully saturated rings. The zero-order valence-electron chi connectivity index (χ0n) is 21.3. The Morgan fingerprint density at radius 1 is 0.897 bits per heavy atom. The number of ether oxygens (including phenoxy) is 2. The maximum Gasteiger partial charge on any atom is 0.174 e. The summed E-state index contributed by atoms with van der Waals surface area (Å²) in [7, 11) is 1.64. The smallest absolute Gasteiger partial charge is 0.174 e. The summed E-state index contributed by atoms with van der Waals surface area (Å²) < 4.78 is 13.1. The van der Waals surface area contributed by atoms with Crippen LogP contribution < -0.4 is 15.0 Å². The monoisotopic (exact) mass is 554 g/mol. The summed E-state index contributed by atoms with van der Waals surface area (Å²) in [6, 6.07) is 30.4. The minimum absolute atomic E-state index is 0.177. The van der Waals surface area contributed by atoms with Gasteiger partial charge in [0, 0.05) is 36.6 Å². The average molecular weight is 555 g/mol. The zero-order chi connectivity index (χ0) is 26.8. The number of nitrogens with zero attached hydrogens (tertiary/aromatic N) is 3. The van der Waals surface area contributed by atoms with E-state index in [-0.39, 0.29) is 12.1 Å². The van der Waals surface area contributed by atoms with Crippen LogP contribution in [-0.2, 0) is 4.74 Å². The first kappa shape index (κ1) is 25.4. The molecule has 0 amide bonds. The molecule has 5 aromatic rings.